The molecular formula is C43H80FNO8. The van der Waals surface area contributed by atoms with Crippen LogP contribution in [0.25, 0.3) is 0 Å². The number of nitrogens with one attached hydrogen (secondary N) is 1. The van der Waals surface area contributed by atoms with Gasteiger partial charge in [-0.05, 0) is 56.3 Å². The number of carbonyl (C=O) groups is 1. The van der Waals surface area contributed by atoms with Gasteiger partial charge in [0.1, 0.15) is 30.1 Å². The Morgan fingerprint density at radius 3 is 1.57 bits per heavy atom. The molecule has 3 aliphatic carbocycles. The van der Waals surface area contributed by atoms with E-state index in [1.807, 2.05) is 0 Å². The average molecular weight is 758 g/mol. The van der Waals surface area contributed by atoms with E-state index in [1.54, 1.807) is 6.92 Å². The summed E-state index contributed by atoms with van der Waals surface area (Å²) >= 11 is 0. The molecule has 0 aromatic heterocycles. The molecule has 7 N–H and O–H groups in total. The van der Waals surface area contributed by atoms with Gasteiger partial charge in [-0.25, -0.2) is 4.39 Å². The number of hydrogen-bond donors (Lipinski definition) is 7. The van der Waals surface area contributed by atoms with Gasteiger partial charge in [0.25, 0.3) is 0 Å². The van der Waals surface area contributed by atoms with E-state index in [1.165, 1.54) is 122 Å². The van der Waals surface area contributed by atoms with Crippen LogP contribution in [0.2, 0.25) is 0 Å². The van der Waals surface area contributed by atoms with Crippen LogP contribution < -0.4 is 5.32 Å². The average Bonchev–Trinajstić information content (AvgIpc) is 3.15. The summed E-state index contributed by atoms with van der Waals surface area (Å²) in [7, 11) is 0. The van der Waals surface area contributed by atoms with Crippen LogP contribution in [0.15, 0.2) is 0 Å². The number of unbranched alkanes of at least 4 members (excludes halogenated alkanes) is 20. The lowest BCUT2D eigenvalue weighted by molar-refractivity contribution is -0.277. The molecule has 10 heteroatoms. The predicted molar refractivity (Wildman–Crippen MR) is 208 cm³/mol. The van der Waals surface area contributed by atoms with Crippen LogP contribution in [0.3, 0.4) is 0 Å². The van der Waals surface area contributed by atoms with Gasteiger partial charge < -0.3 is 40.7 Å². The minimum atomic E-state index is -1.48. The van der Waals surface area contributed by atoms with Crippen LogP contribution >= 0.6 is 0 Å². The van der Waals surface area contributed by atoms with E-state index in [2.05, 4.69) is 12.2 Å². The molecule has 2 bridgehead atoms. The number of alkyl halides is 1. The van der Waals surface area contributed by atoms with Gasteiger partial charge in [0.05, 0.1) is 31.0 Å². The zero-order valence-corrected chi connectivity index (χ0v) is 33.6. The topological polar surface area (TPSA) is 160 Å². The fraction of sp³-hybridized carbons (Fsp3) is 0.977. The standard InChI is InChI=1S/C43H80FNO8/c1-3-34(47)38(49)33(26-27-35-39(50)41(52)40(51)36(29-46)53-35)45-37(48)25-23-21-19-17-15-13-11-9-7-5-4-6-8-10-12-14-16-18-20-22-24-28-42-30-43(44,31-42)32(42)2/h32-36,38-41,46-47,49-52H,3-31H2,1-2H3,(H,45,48)/t32-,33+,34-,35?,36?,38+,39?,40?,41?,42?,43?/m1/s1. The molecule has 0 radical (unpaired) electrons. The van der Waals surface area contributed by atoms with E-state index < -0.39 is 61.0 Å². The fourth-order valence-electron chi connectivity index (χ4n) is 9.41. The monoisotopic (exact) mass is 758 g/mol. The van der Waals surface area contributed by atoms with Crippen LogP contribution in [-0.4, -0.2) is 97.6 Å². The summed E-state index contributed by atoms with van der Waals surface area (Å²) in [6.45, 7) is 3.34. The third-order valence-electron chi connectivity index (χ3n) is 13.4. The second kappa shape index (κ2) is 24.7. The van der Waals surface area contributed by atoms with Gasteiger partial charge in [-0.15, -0.1) is 0 Å². The van der Waals surface area contributed by atoms with Crippen LogP contribution in [0, 0.1) is 11.3 Å². The van der Waals surface area contributed by atoms with Gasteiger partial charge in [-0.3, -0.25) is 4.79 Å². The number of aliphatic hydroxyl groups is 6. The number of ether oxygens (including phenoxy) is 1. The molecule has 3 saturated carbocycles. The maximum atomic E-state index is 14.0. The Morgan fingerprint density at radius 1 is 0.717 bits per heavy atom. The third-order valence-corrected chi connectivity index (χ3v) is 13.4. The number of hydrogen-bond acceptors (Lipinski definition) is 8. The zero-order valence-electron chi connectivity index (χ0n) is 33.6. The Hall–Kier alpha value is -0.880. The first kappa shape index (κ1) is 46.5. The molecule has 9 atom stereocenters. The van der Waals surface area contributed by atoms with Crippen LogP contribution in [0.1, 0.15) is 194 Å². The highest BCUT2D eigenvalue weighted by molar-refractivity contribution is 5.76. The first-order chi connectivity index (χ1) is 25.5. The summed E-state index contributed by atoms with van der Waals surface area (Å²) in [6, 6.07) is -0.767. The molecule has 5 unspecified atom stereocenters. The molecule has 1 aliphatic heterocycles. The molecule has 4 rings (SSSR count). The van der Waals surface area contributed by atoms with Crippen molar-refractivity contribution >= 4 is 5.91 Å². The van der Waals surface area contributed by atoms with Crippen molar-refractivity contribution in [2.45, 2.75) is 248 Å². The minimum Gasteiger partial charge on any atom is -0.394 e. The third kappa shape index (κ3) is 14.9. The van der Waals surface area contributed by atoms with E-state index in [0.717, 1.165) is 32.1 Å². The highest BCUT2D eigenvalue weighted by Gasteiger charge is 2.73. The number of carbonyl (C=O) groups excluding carboxylic acids is 1. The van der Waals surface area contributed by atoms with E-state index in [-0.39, 0.29) is 18.7 Å². The Bertz CT molecular complexity index is 980. The van der Waals surface area contributed by atoms with Crippen molar-refractivity contribution in [1.29, 1.82) is 0 Å². The van der Waals surface area contributed by atoms with Crippen molar-refractivity contribution in [3.8, 4) is 0 Å². The fourth-order valence-corrected chi connectivity index (χ4v) is 9.41. The molecule has 1 amide bonds. The summed E-state index contributed by atoms with van der Waals surface area (Å²) in [5.74, 6) is 0.131. The number of rotatable bonds is 32. The molecule has 1 heterocycles. The SMILES string of the molecule is CC[C@@H](O)[C@@H](O)[C@H](CCC1OC(CO)C(O)C(O)C1O)NC(=O)CCCCCCCCCCCCCCCCCCCCCCCC12CC(F)(C1)[C@@H]2C. The molecule has 53 heavy (non-hydrogen) atoms. The summed E-state index contributed by atoms with van der Waals surface area (Å²) in [5.41, 5.74) is -0.363. The first-order valence-corrected chi connectivity index (χ1v) is 22.1. The van der Waals surface area contributed by atoms with Gasteiger partial charge in [0, 0.05) is 6.42 Å². The van der Waals surface area contributed by atoms with Crippen molar-refractivity contribution in [2.75, 3.05) is 6.61 Å². The highest BCUT2D eigenvalue weighted by atomic mass is 19.1. The molecule has 312 valence electrons. The smallest absolute Gasteiger partial charge is 0.220 e. The van der Waals surface area contributed by atoms with Gasteiger partial charge >= 0.3 is 0 Å². The molecule has 0 aromatic rings. The van der Waals surface area contributed by atoms with Crippen molar-refractivity contribution in [1.82, 2.24) is 5.32 Å². The number of halogens is 1. The number of amides is 1. The molecule has 4 fully saturated rings. The Morgan fingerprint density at radius 2 is 1.15 bits per heavy atom. The van der Waals surface area contributed by atoms with E-state index in [0.29, 0.717) is 24.2 Å². The highest BCUT2D eigenvalue weighted by Crippen LogP contribution is 2.75. The molecular weight excluding hydrogens is 677 g/mol. The first-order valence-electron chi connectivity index (χ1n) is 22.1. The Kier molecular flexibility index (Phi) is 21.7. The summed E-state index contributed by atoms with van der Waals surface area (Å²) < 4.78 is 19.6. The minimum absolute atomic E-state index is 0.147. The van der Waals surface area contributed by atoms with E-state index >= 15 is 0 Å². The lowest BCUT2D eigenvalue weighted by atomic mass is 9.35. The molecule has 0 spiro atoms. The van der Waals surface area contributed by atoms with Gasteiger partial charge in [-0.2, -0.15) is 0 Å². The zero-order chi connectivity index (χ0) is 38.7. The van der Waals surface area contributed by atoms with Crippen molar-refractivity contribution in [2.24, 2.45) is 11.3 Å². The maximum Gasteiger partial charge on any atom is 0.220 e. The van der Waals surface area contributed by atoms with Crippen LogP contribution in [0.5, 0.6) is 0 Å². The summed E-state index contributed by atoms with van der Waals surface area (Å²) in [6.07, 6.45) is 22.3. The largest absolute Gasteiger partial charge is 0.394 e. The van der Waals surface area contributed by atoms with E-state index in [4.69, 9.17) is 4.74 Å². The van der Waals surface area contributed by atoms with Crippen molar-refractivity contribution in [3.05, 3.63) is 0 Å². The maximum absolute atomic E-state index is 14.0. The molecule has 4 aliphatic rings. The van der Waals surface area contributed by atoms with Crippen LogP contribution in [0.4, 0.5) is 4.39 Å². The Labute approximate surface area is 321 Å². The van der Waals surface area contributed by atoms with Crippen LogP contribution in [-0.2, 0) is 9.53 Å². The lowest BCUT2D eigenvalue weighted by Crippen LogP contribution is -2.71. The lowest BCUT2D eigenvalue weighted by Gasteiger charge is -2.72. The Balaban J connectivity index is 1.07. The molecule has 0 aromatic carbocycles. The summed E-state index contributed by atoms with van der Waals surface area (Å²) in [4.78, 5) is 12.7. The van der Waals surface area contributed by atoms with Crippen molar-refractivity contribution < 1.29 is 44.6 Å². The van der Waals surface area contributed by atoms with E-state index in [9.17, 15) is 39.8 Å². The molecule has 9 nitrogen and oxygen atoms in total. The normalized spacial score (nSPS) is 31.0. The van der Waals surface area contributed by atoms with Gasteiger partial charge in [0.2, 0.25) is 5.91 Å². The summed E-state index contributed by atoms with van der Waals surface area (Å²) in [5, 5.41) is 63.7. The van der Waals surface area contributed by atoms with Gasteiger partial charge in [-0.1, -0.05) is 142 Å². The van der Waals surface area contributed by atoms with Gasteiger partial charge in [0.15, 0.2) is 0 Å². The number of aliphatic hydroxyl groups excluding tert-OH is 6. The van der Waals surface area contributed by atoms with Crippen molar-refractivity contribution in [3.63, 3.8) is 0 Å². The quantitative estimate of drug-likeness (QED) is 0.0351. The predicted octanol–water partition coefficient (Wildman–Crippen LogP) is 7.34. The second-order valence-corrected chi connectivity index (χ2v) is 17.5. The molecule has 1 saturated heterocycles. The second-order valence-electron chi connectivity index (χ2n) is 17.5.